The lowest BCUT2D eigenvalue weighted by atomic mass is 9.85. The van der Waals surface area contributed by atoms with E-state index >= 15 is 0 Å². The molecule has 4 aliphatic rings. The number of carbonyl (C=O) groups excluding carboxylic acids is 4. The molecule has 4 aliphatic heterocycles. The molecular formula is C37H43N5O9. The highest BCUT2D eigenvalue weighted by atomic mass is 16.6. The van der Waals surface area contributed by atoms with E-state index in [1.165, 1.54) is 19.3 Å². The molecule has 3 aromatic rings. The van der Waals surface area contributed by atoms with E-state index in [4.69, 9.17) is 24.3 Å². The summed E-state index contributed by atoms with van der Waals surface area (Å²) in [7, 11) is 0. The van der Waals surface area contributed by atoms with E-state index in [9.17, 15) is 24.0 Å². The van der Waals surface area contributed by atoms with Crippen LogP contribution in [0.5, 0.6) is 5.75 Å². The van der Waals surface area contributed by atoms with Crippen LogP contribution >= 0.6 is 0 Å². The Kier molecular flexibility index (Phi) is 9.55. The van der Waals surface area contributed by atoms with Gasteiger partial charge < -0.3 is 39.0 Å². The number of rotatable bonds is 8. The number of esters is 2. The Hall–Kier alpha value is -4.82. The molecule has 0 bridgehead atoms. The molecule has 2 aromatic heterocycles. The summed E-state index contributed by atoms with van der Waals surface area (Å²) < 4.78 is 18.5. The van der Waals surface area contributed by atoms with Crippen LogP contribution in [0.2, 0.25) is 0 Å². The number of hydrogen-bond acceptors (Lipinski definition) is 11. The first-order valence-electron chi connectivity index (χ1n) is 17.9. The summed E-state index contributed by atoms with van der Waals surface area (Å²) in [5, 5.41) is 12.0. The second kappa shape index (κ2) is 14.1. The number of ether oxygens (including phenoxy) is 3. The van der Waals surface area contributed by atoms with E-state index in [-0.39, 0.29) is 42.4 Å². The lowest BCUT2D eigenvalue weighted by molar-refractivity contribution is -0.189. The van der Waals surface area contributed by atoms with E-state index in [2.05, 4.69) is 10.2 Å². The van der Waals surface area contributed by atoms with Crippen LogP contribution < -0.4 is 15.6 Å². The van der Waals surface area contributed by atoms with Gasteiger partial charge >= 0.3 is 18.0 Å². The van der Waals surface area contributed by atoms with Crippen molar-refractivity contribution in [2.75, 3.05) is 39.3 Å². The fraction of sp³-hybridized carbons (Fsp3) is 0.514. The molecule has 51 heavy (non-hydrogen) atoms. The van der Waals surface area contributed by atoms with Crippen molar-refractivity contribution in [3.8, 4) is 17.1 Å². The van der Waals surface area contributed by atoms with Crippen LogP contribution in [0.3, 0.4) is 0 Å². The molecule has 7 rings (SSSR count). The Labute approximate surface area is 294 Å². The van der Waals surface area contributed by atoms with Gasteiger partial charge in [0.25, 0.3) is 5.56 Å². The summed E-state index contributed by atoms with van der Waals surface area (Å²) in [6, 6.07) is 7.55. The Morgan fingerprint density at radius 2 is 1.80 bits per heavy atom. The Bertz CT molecular complexity index is 1960. The number of carbonyl (C=O) groups is 4. The molecule has 0 radical (unpaired) electrons. The minimum absolute atomic E-state index is 0.0302. The van der Waals surface area contributed by atoms with Crippen LogP contribution in [-0.4, -0.2) is 93.8 Å². The normalized spacial score (nSPS) is 20.3. The Balaban J connectivity index is 1.16. The standard InChI is InChI=1S/C37H43N5O9/c1-3-24-25-16-23(50-36(48)41-14-10-22(11-15-41)40-12-6-5-7-13-40)8-9-29(25)39-33-26(24)19-42-30(33)17-28-27(34(42)46)21-49-35(47)37(28,4-2)51-32(45)18-38-31(44)20-43/h8-9,16-17,22,43H,3-7,10-15,18-21H2,1-2H3,(H,38,44)/t37-/m0/s1. The van der Waals surface area contributed by atoms with Crippen LogP contribution in [0.1, 0.15) is 74.6 Å². The van der Waals surface area contributed by atoms with Crippen LogP contribution in [0.4, 0.5) is 4.79 Å². The topological polar surface area (TPSA) is 170 Å². The maximum Gasteiger partial charge on any atom is 0.415 e. The Morgan fingerprint density at radius 3 is 2.51 bits per heavy atom. The zero-order valence-corrected chi connectivity index (χ0v) is 29.0. The van der Waals surface area contributed by atoms with Crippen LogP contribution in [0, 0.1) is 0 Å². The highest BCUT2D eigenvalue weighted by Crippen LogP contribution is 2.42. The number of piperidine rings is 2. The van der Waals surface area contributed by atoms with Gasteiger partial charge in [0.1, 0.15) is 25.5 Å². The number of benzene rings is 1. The van der Waals surface area contributed by atoms with Crippen molar-refractivity contribution < 1.29 is 38.5 Å². The zero-order valence-electron chi connectivity index (χ0n) is 29.0. The monoisotopic (exact) mass is 701 g/mol. The minimum atomic E-state index is -1.92. The van der Waals surface area contributed by atoms with Gasteiger partial charge in [-0.15, -0.1) is 0 Å². The van der Waals surface area contributed by atoms with Crippen LogP contribution in [0.15, 0.2) is 29.1 Å². The van der Waals surface area contributed by atoms with E-state index in [1.54, 1.807) is 34.6 Å². The summed E-state index contributed by atoms with van der Waals surface area (Å²) >= 11 is 0. The molecule has 2 saturated heterocycles. The fourth-order valence-electron chi connectivity index (χ4n) is 8.09. The number of aliphatic hydroxyl groups excluding tert-OH is 1. The molecule has 0 aliphatic carbocycles. The number of likely N-dealkylation sites (tertiary alicyclic amines) is 2. The van der Waals surface area contributed by atoms with Crippen molar-refractivity contribution in [1.29, 1.82) is 0 Å². The second-order valence-corrected chi connectivity index (χ2v) is 13.6. The molecule has 0 saturated carbocycles. The van der Waals surface area contributed by atoms with Gasteiger partial charge in [-0.05, 0) is 81.4 Å². The highest BCUT2D eigenvalue weighted by Gasteiger charge is 2.50. The number of fused-ring (bicyclic) bond motifs is 5. The lowest BCUT2D eigenvalue weighted by Gasteiger charge is -2.39. The van der Waals surface area contributed by atoms with E-state index < -0.39 is 36.6 Å². The predicted molar refractivity (Wildman–Crippen MR) is 184 cm³/mol. The Morgan fingerprint density at radius 1 is 1.04 bits per heavy atom. The molecule has 2 N–H and O–H groups in total. The van der Waals surface area contributed by atoms with Gasteiger partial charge in [-0.3, -0.25) is 14.4 Å². The number of cyclic esters (lactones) is 1. The van der Waals surface area contributed by atoms with Crippen LogP contribution in [-0.2, 0) is 49.0 Å². The molecule has 0 unspecified atom stereocenters. The average Bonchev–Trinajstić information content (AvgIpc) is 3.52. The predicted octanol–water partition coefficient (Wildman–Crippen LogP) is 2.75. The van der Waals surface area contributed by atoms with Gasteiger partial charge in [-0.1, -0.05) is 20.3 Å². The van der Waals surface area contributed by atoms with E-state index in [1.807, 2.05) is 13.0 Å². The van der Waals surface area contributed by atoms with Crippen LogP contribution in [0.25, 0.3) is 22.3 Å². The molecule has 1 aromatic carbocycles. The number of nitrogens with zero attached hydrogens (tertiary/aromatic N) is 4. The lowest BCUT2D eigenvalue weighted by Crippen LogP contribution is -2.48. The van der Waals surface area contributed by atoms with Gasteiger partial charge in [-0.25, -0.2) is 14.6 Å². The number of pyridine rings is 2. The van der Waals surface area contributed by atoms with Gasteiger partial charge in [-0.2, -0.15) is 0 Å². The maximum atomic E-state index is 14.0. The second-order valence-electron chi connectivity index (χ2n) is 13.6. The molecule has 1 atom stereocenters. The fourth-order valence-corrected chi connectivity index (χ4v) is 8.09. The summed E-state index contributed by atoms with van der Waals surface area (Å²) in [4.78, 5) is 74.1. The van der Waals surface area contributed by atoms with Gasteiger partial charge in [0.15, 0.2) is 0 Å². The quantitative estimate of drug-likeness (QED) is 0.259. The van der Waals surface area contributed by atoms with E-state index in [0.717, 1.165) is 42.4 Å². The van der Waals surface area contributed by atoms with Crippen molar-refractivity contribution in [2.45, 2.75) is 83.6 Å². The number of hydrogen-bond donors (Lipinski definition) is 2. The number of nitrogens with one attached hydrogen (secondary N) is 1. The minimum Gasteiger partial charge on any atom is -0.457 e. The molecule has 6 heterocycles. The largest absolute Gasteiger partial charge is 0.457 e. The molecule has 270 valence electrons. The number of aromatic nitrogens is 2. The zero-order chi connectivity index (χ0) is 35.9. The number of aryl methyl sites for hydroxylation is 1. The first-order chi connectivity index (χ1) is 24.7. The SMILES string of the molecule is CCc1c2c(nc3ccc(OC(=O)N4CCC(N5CCCCC5)CC4)cc13)-c1cc3c(c(=O)n1C2)COC(=O)[C@@]3(CC)OC(=O)CNC(=O)CO. The summed E-state index contributed by atoms with van der Waals surface area (Å²) in [6.45, 7) is 5.81. The smallest absolute Gasteiger partial charge is 0.415 e. The third-order valence-electron chi connectivity index (χ3n) is 10.8. The molecule has 14 heteroatoms. The third kappa shape index (κ3) is 6.24. The van der Waals surface area contributed by atoms with Gasteiger partial charge in [0.05, 0.1) is 29.0 Å². The van der Waals surface area contributed by atoms with Crippen molar-refractivity contribution in [1.82, 2.24) is 24.7 Å². The first kappa shape index (κ1) is 34.6. The van der Waals surface area contributed by atoms with Crippen molar-refractivity contribution in [3.05, 3.63) is 56.9 Å². The maximum absolute atomic E-state index is 14.0. The van der Waals surface area contributed by atoms with Gasteiger partial charge in [0.2, 0.25) is 11.5 Å². The number of amides is 2. The highest BCUT2D eigenvalue weighted by molar-refractivity contribution is 5.91. The first-order valence-corrected chi connectivity index (χ1v) is 17.9. The molecule has 0 spiro atoms. The van der Waals surface area contributed by atoms with Crippen molar-refractivity contribution in [3.63, 3.8) is 0 Å². The summed E-state index contributed by atoms with van der Waals surface area (Å²) in [5.74, 6) is -2.11. The van der Waals surface area contributed by atoms with Gasteiger partial charge in [0, 0.05) is 35.6 Å². The third-order valence-corrected chi connectivity index (χ3v) is 10.8. The molecule has 2 fully saturated rings. The van der Waals surface area contributed by atoms with Crippen molar-refractivity contribution >= 4 is 34.8 Å². The number of aliphatic hydroxyl groups is 1. The summed E-state index contributed by atoms with van der Waals surface area (Å²) in [5.41, 5.74) is 1.60. The average molecular weight is 702 g/mol. The van der Waals surface area contributed by atoms with E-state index in [0.29, 0.717) is 48.2 Å². The molecule has 2 amide bonds. The molecule has 14 nitrogen and oxygen atoms in total. The molecular weight excluding hydrogens is 658 g/mol. The van der Waals surface area contributed by atoms with Crippen molar-refractivity contribution in [2.24, 2.45) is 0 Å². The summed E-state index contributed by atoms with van der Waals surface area (Å²) in [6.07, 6.45) is 5.89.